The van der Waals surface area contributed by atoms with Crippen molar-refractivity contribution >= 4 is 21.6 Å². The molecule has 1 aromatic carbocycles. The number of nitrogens with one attached hydrogen (secondary N) is 1. The van der Waals surface area contributed by atoms with Crippen LogP contribution in [0.4, 0.5) is 11.4 Å². The summed E-state index contributed by atoms with van der Waals surface area (Å²) in [4.78, 5) is 0. The van der Waals surface area contributed by atoms with Crippen molar-refractivity contribution in [3.63, 3.8) is 0 Å². The number of nitrogens with zero attached hydrogens (tertiary/aromatic N) is 1. The predicted octanol–water partition coefficient (Wildman–Crippen LogP) is 1.73. The maximum absolute atomic E-state index is 12.2. The SMILES string of the molecule is CCCNS(=O)(=O)N(CCC)c1cccc(N)c1. The number of hydrogen-bond acceptors (Lipinski definition) is 3. The molecule has 18 heavy (non-hydrogen) atoms. The van der Waals surface area contributed by atoms with Gasteiger partial charge in [-0.15, -0.1) is 0 Å². The first-order valence-corrected chi connectivity index (χ1v) is 7.58. The quantitative estimate of drug-likeness (QED) is 0.742. The molecule has 0 aliphatic rings. The molecule has 0 atom stereocenters. The average Bonchev–Trinajstić information content (AvgIpc) is 2.33. The van der Waals surface area contributed by atoms with Gasteiger partial charge in [-0.05, 0) is 31.0 Å². The molecule has 0 radical (unpaired) electrons. The Hall–Kier alpha value is -1.27. The summed E-state index contributed by atoms with van der Waals surface area (Å²) in [5.41, 5.74) is 6.85. The van der Waals surface area contributed by atoms with E-state index in [0.717, 1.165) is 12.8 Å². The zero-order valence-corrected chi connectivity index (χ0v) is 11.7. The molecule has 0 amide bonds. The largest absolute Gasteiger partial charge is 0.399 e. The number of benzene rings is 1. The highest BCUT2D eigenvalue weighted by molar-refractivity contribution is 7.90. The highest BCUT2D eigenvalue weighted by Gasteiger charge is 2.20. The fourth-order valence-electron chi connectivity index (χ4n) is 1.58. The van der Waals surface area contributed by atoms with E-state index >= 15 is 0 Å². The first-order valence-electron chi connectivity index (χ1n) is 6.14. The van der Waals surface area contributed by atoms with Crippen molar-refractivity contribution in [2.24, 2.45) is 0 Å². The van der Waals surface area contributed by atoms with Crippen molar-refractivity contribution in [3.8, 4) is 0 Å². The second kappa shape index (κ2) is 6.61. The fourth-order valence-corrected chi connectivity index (χ4v) is 3.01. The Morgan fingerprint density at radius 2 is 2.00 bits per heavy atom. The van der Waals surface area contributed by atoms with E-state index < -0.39 is 10.2 Å². The molecule has 0 unspecified atom stereocenters. The molecular weight excluding hydrogens is 250 g/mol. The molecular formula is C12H21N3O2S. The third kappa shape index (κ3) is 3.89. The lowest BCUT2D eigenvalue weighted by atomic mass is 10.3. The molecule has 1 aromatic rings. The van der Waals surface area contributed by atoms with Gasteiger partial charge < -0.3 is 5.73 Å². The van der Waals surface area contributed by atoms with Crippen LogP contribution < -0.4 is 14.8 Å². The monoisotopic (exact) mass is 271 g/mol. The molecule has 0 aliphatic heterocycles. The summed E-state index contributed by atoms with van der Waals surface area (Å²) in [6, 6.07) is 6.90. The molecule has 3 N–H and O–H groups in total. The Balaban J connectivity index is 3.02. The number of anilines is 2. The van der Waals surface area contributed by atoms with Gasteiger partial charge in [-0.3, -0.25) is 4.31 Å². The molecule has 0 heterocycles. The summed E-state index contributed by atoms with van der Waals surface area (Å²) in [7, 11) is -3.49. The highest BCUT2D eigenvalue weighted by Crippen LogP contribution is 2.20. The van der Waals surface area contributed by atoms with Crippen molar-refractivity contribution in [2.45, 2.75) is 26.7 Å². The van der Waals surface area contributed by atoms with Gasteiger partial charge in [0.2, 0.25) is 0 Å². The smallest absolute Gasteiger partial charge is 0.301 e. The highest BCUT2D eigenvalue weighted by atomic mass is 32.2. The summed E-state index contributed by atoms with van der Waals surface area (Å²) in [5, 5.41) is 0. The van der Waals surface area contributed by atoms with Crippen molar-refractivity contribution in [2.75, 3.05) is 23.1 Å². The first-order chi connectivity index (χ1) is 8.51. The van der Waals surface area contributed by atoms with Crippen LogP contribution in [0.2, 0.25) is 0 Å². The van der Waals surface area contributed by atoms with Gasteiger partial charge in [0, 0.05) is 18.8 Å². The van der Waals surface area contributed by atoms with Gasteiger partial charge in [-0.2, -0.15) is 13.1 Å². The summed E-state index contributed by atoms with van der Waals surface area (Å²) < 4.78 is 28.3. The summed E-state index contributed by atoms with van der Waals surface area (Å²) in [6.07, 6.45) is 1.50. The summed E-state index contributed by atoms with van der Waals surface area (Å²) >= 11 is 0. The normalized spacial score (nSPS) is 11.4. The molecule has 1 rings (SSSR count). The van der Waals surface area contributed by atoms with Crippen molar-refractivity contribution in [3.05, 3.63) is 24.3 Å². The lowest BCUT2D eigenvalue weighted by Gasteiger charge is -2.24. The van der Waals surface area contributed by atoms with Gasteiger partial charge in [-0.25, -0.2) is 0 Å². The van der Waals surface area contributed by atoms with E-state index in [9.17, 15) is 8.42 Å². The lowest BCUT2D eigenvalue weighted by Crippen LogP contribution is -2.41. The molecule has 0 saturated carbocycles. The Labute approximate surface area is 109 Å². The zero-order valence-electron chi connectivity index (χ0n) is 10.9. The van der Waals surface area contributed by atoms with Crippen LogP contribution in [0.1, 0.15) is 26.7 Å². The molecule has 6 heteroatoms. The van der Waals surface area contributed by atoms with E-state index in [1.807, 2.05) is 13.8 Å². The first kappa shape index (κ1) is 14.8. The van der Waals surface area contributed by atoms with Gasteiger partial charge in [0.05, 0.1) is 5.69 Å². The molecule has 0 aliphatic carbocycles. The summed E-state index contributed by atoms with van der Waals surface area (Å²) in [5.74, 6) is 0. The van der Waals surface area contributed by atoms with E-state index in [0.29, 0.717) is 24.5 Å². The molecule has 0 aromatic heterocycles. The lowest BCUT2D eigenvalue weighted by molar-refractivity contribution is 0.574. The number of nitrogen functional groups attached to an aromatic ring is 1. The molecule has 5 nitrogen and oxygen atoms in total. The standard InChI is InChI=1S/C12H21N3O2S/c1-3-8-14-18(16,17)15(9-4-2)12-7-5-6-11(13)10-12/h5-7,10,14H,3-4,8-9,13H2,1-2H3. The Morgan fingerprint density at radius 3 is 2.56 bits per heavy atom. The van der Waals surface area contributed by atoms with Gasteiger partial charge in [0.25, 0.3) is 0 Å². The number of rotatable bonds is 7. The van der Waals surface area contributed by atoms with Gasteiger partial charge in [-0.1, -0.05) is 19.9 Å². The molecule has 0 spiro atoms. The number of hydrogen-bond donors (Lipinski definition) is 2. The minimum atomic E-state index is -3.49. The van der Waals surface area contributed by atoms with Crippen LogP contribution in [0.15, 0.2) is 24.3 Å². The van der Waals surface area contributed by atoms with Crippen LogP contribution in [0.3, 0.4) is 0 Å². The van der Waals surface area contributed by atoms with E-state index in [4.69, 9.17) is 5.73 Å². The molecule has 0 bridgehead atoms. The van der Waals surface area contributed by atoms with Crippen LogP contribution in [0.5, 0.6) is 0 Å². The van der Waals surface area contributed by atoms with Crippen molar-refractivity contribution in [1.82, 2.24) is 4.72 Å². The van der Waals surface area contributed by atoms with Crippen LogP contribution in [0.25, 0.3) is 0 Å². The second-order valence-electron chi connectivity index (χ2n) is 4.07. The molecule has 0 fully saturated rings. The van der Waals surface area contributed by atoms with Crippen molar-refractivity contribution < 1.29 is 8.42 Å². The number of nitrogens with two attached hydrogens (primary N) is 1. The Kier molecular flexibility index (Phi) is 5.43. The van der Waals surface area contributed by atoms with Gasteiger partial charge in [0.1, 0.15) is 0 Å². The van der Waals surface area contributed by atoms with Gasteiger partial charge in [0.15, 0.2) is 0 Å². The minimum absolute atomic E-state index is 0.433. The average molecular weight is 271 g/mol. The van der Waals surface area contributed by atoms with Crippen LogP contribution in [-0.2, 0) is 10.2 Å². The van der Waals surface area contributed by atoms with E-state index in [-0.39, 0.29) is 0 Å². The fraction of sp³-hybridized carbons (Fsp3) is 0.500. The van der Waals surface area contributed by atoms with Crippen molar-refractivity contribution in [1.29, 1.82) is 0 Å². The maximum atomic E-state index is 12.2. The molecule has 102 valence electrons. The summed E-state index contributed by atoms with van der Waals surface area (Å²) in [6.45, 7) is 4.73. The third-order valence-corrected chi connectivity index (χ3v) is 3.95. The van der Waals surface area contributed by atoms with Crippen LogP contribution >= 0.6 is 0 Å². The predicted molar refractivity (Wildman–Crippen MR) is 75.7 cm³/mol. The second-order valence-corrected chi connectivity index (χ2v) is 5.75. The topological polar surface area (TPSA) is 75.4 Å². The third-order valence-electron chi connectivity index (χ3n) is 2.41. The Morgan fingerprint density at radius 1 is 1.28 bits per heavy atom. The maximum Gasteiger partial charge on any atom is 0.301 e. The van der Waals surface area contributed by atoms with Crippen LogP contribution in [0, 0.1) is 0 Å². The zero-order chi connectivity index (χ0) is 13.6. The van der Waals surface area contributed by atoms with E-state index in [2.05, 4.69) is 4.72 Å². The van der Waals surface area contributed by atoms with Gasteiger partial charge >= 0.3 is 10.2 Å². The minimum Gasteiger partial charge on any atom is -0.399 e. The molecule has 0 saturated heterocycles. The van der Waals surface area contributed by atoms with Crippen LogP contribution in [-0.4, -0.2) is 21.5 Å². The Bertz CT molecular complexity index is 474. The van der Waals surface area contributed by atoms with E-state index in [1.54, 1.807) is 24.3 Å². The van der Waals surface area contributed by atoms with E-state index in [1.165, 1.54) is 4.31 Å².